The maximum Gasteiger partial charge on any atom is 0.338 e. The van der Waals surface area contributed by atoms with Crippen LogP contribution < -0.4 is 5.32 Å². The van der Waals surface area contributed by atoms with Crippen LogP contribution in [0.25, 0.3) is 11.1 Å². The number of carbonyl (C=O) groups is 2. The number of nitrogens with one attached hydrogen (secondary N) is 1. The van der Waals surface area contributed by atoms with Crippen molar-refractivity contribution in [1.82, 2.24) is 5.32 Å². The number of carbonyl (C=O) groups excluding carboxylic acids is 2. The quantitative estimate of drug-likeness (QED) is 0.751. The number of ether oxygens (including phenoxy) is 1. The molecule has 0 radical (unpaired) electrons. The molecule has 1 atom stereocenters. The molecule has 3 rings (SSSR count). The number of rotatable bonds is 5. The third-order valence-electron chi connectivity index (χ3n) is 5.26. The van der Waals surface area contributed by atoms with Crippen molar-refractivity contribution >= 4 is 11.9 Å². The van der Waals surface area contributed by atoms with Crippen molar-refractivity contribution in [3.8, 4) is 22.9 Å². The van der Waals surface area contributed by atoms with Gasteiger partial charge in [0.05, 0.1) is 11.6 Å². The number of hydrogen-bond acceptors (Lipinski definition) is 5. The lowest BCUT2D eigenvalue weighted by Crippen LogP contribution is -2.52. The predicted octanol–water partition coefficient (Wildman–Crippen LogP) is 3.95. The van der Waals surface area contributed by atoms with Crippen molar-refractivity contribution in [1.29, 1.82) is 5.26 Å². The van der Waals surface area contributed by atoms with Crippen LogP contribution in [0, 0.1) is 11.3 Å². The summed E-state index contributed by atoms with van der Waals surface area (Å²) in [6.45, 7) is 1.51. The van der Waals surface area contributed by atoms with Crippen LogP contribution in [0.3, 0.4) is 0 Å². The van der Waals surface area contributed by atoms with E-state index in [0.29, 0.717) is 18.4 Å². The highest BCUT2D eigenvalue weighted by atomic mass is 16.5. The average Bonchev–Trinajstić information content (AvgIpc) is 2.75. The minimum absolute atomic E-state index is 0.188. The summed E-state index contributed by atoms with van der Waals surface area (Å²) in [5.74, 6) is -0.866. The first-order valence-corrected chi connectivity index (χ1v) is 9.76. The van der Waals surface area contributed by atoms with E-state index in [4.69, 9.17) is 4.74 Å². The Bertz CT molecular complexity index is 907. The normalized spacial score (nSPS) is 16.3. The SMILES string of the molecule is C[C@@H](OC(=O)c1ccc(-c2ccc(O)cc2)cc1)C(=O)NC1(C#N)CCCCC1. The smallest absolute Gasteiger partial charge is 0.338 e. The number of phenolic OH excluding ortho intramolecular Hbond substituents is 1. The third-order valence-corrected chi connectivity index (χ3v) is 5.26. The maximum absolute atomic E-state index is 12.4. The van der Waals surface area contributed by atoms with Gasteiger partial charge in [0.1, 0.15) is 11.3 Å². The second kappa shape index (κ2) is 8.78. The number of aromatic hydroxyl groups is 1. The molecule has 29 heavy (non-hydrogen) atoms. The van der Waals surface area contributed by atoms with Crippen molar-refractivity contribution < 1.29 is 19.4 Å². The minimum Gasteiger partial charge on any atom is -0.508 e. The second-order valence-corrected chi connectivity index (χ2v) is 7.42. The van der Waals surface area contributed by atoms with E-state index in [1.54, 1.807) is 48.5 Å². The van der Waals surface area contributed by atoms with Gasteiger partial charge >= 0.3 is 5.97 Å². The molecule has 1 fully saturated rings. The molecular formula is C23H24N2O4. The molecule has 0 bridgehead atoms. The molecule has 0 aromatic heterocycles. The van der Waals surface area contributed by atoms with Crippen LogP contribution in [0.5, 0.6) is 5.75 Å². The number of esters is 1. The number of hydrogen-bond donors (Lipinski definition) is 2. The van der Waals surface area contributed by atoms with Crippen molar-refractivity contribution in [3.63, 3.8) is 0 Å². The van der Waals surface area contributed by atoms with Crippen LogP contribution in [-0.4, -0.2) is 28.6 Å². The Labute approximate surface area is 170 Å². The van der Waals surface area contributed by atoms with E-state index in [1.165, 1.54) is 6.92 Å². The van der Waals surface area contributed by atoms with Gasteiger partial charge in [0.25, 0.3) is 5.91 Å². The van der Waals surface area contributed by atoms with Gasteiger partial charge in [-0.2, -0.15) is 5.26 Å². The fraction of sp³-hybridized carbons (Fsp3) is 0.348. The number of nitriles is 1. The number of nitrogens with zero attached hydrogens (tertiary/aromatic N) is 1. The summed E-state index contributed by atoms with van der Waals surface area (Å²) in [5, 5.41) is 21.6. The van der Waals surface area contributed by atoms with Gasteiger partial charge in [0.15, 0.2) is 6.10 Å². The topological polar surface area (TPSA) is 99.4 Å². The van der Waals surface area contributed by atoms with Gasteiger partial charge in [-0.1, -0.05) is 43.5 Å². The molecular weight excluding hydrogens is 368 g/mol. The standard InChI is InChI=1S/C23H24N2O4/c1-16(21(27)25-23(15-24)13-3-2-4-14-23)29-22(28)19-7-5-17(6-8-19)18-9-11-20(26)12-10-18/h5-12,16,26H,2-4,13-14H2,1H3,(H,25,27)/t16-/m1/s1. The van der Waals surface area contributed by atoms with Crippen LogP contribution in [0.1, 0.15) is 49.4 Å². The highest BCUT2D eigenvalue weighted by molar-refractivity contribution is 5.93. The molecule has 0 heterocycles. The molecule has 1 aliphatic carbocycles. The maximum atomic E-state index is 12.4. The van der Waals surface area contributed by atoms with Gasteiger partial charge in [-0.25, -0.2) is 4.79 Å². The Balaban J connectivity index is 1.61. The Morgan fingerprint density at radius 1 is 1.03 bits per heavy atom. The first-order chi connectivity index (χ1) is 13.9. The fourth-order valence-electron chi connectivity index (χ4n) is 3.49. The number of amides is 1. The number of benzene rings is 2. The van der Waals surface area contributed by atoms with Crippen molar-refractivity contribution in [2.24, 2.45) is 0 Å². The zero-order chi connectivity index (χ0) is 20.9. The average molecular weight is 392 g/mol. The summed E-state index contributed by atoms with van der Waals surface area (Å²) in [4.78, 5) is 24.8. The summed E-state index contributed by atoms with van der Waals surface area (Å²) in [6, 6.07) is 15.8. The van der Waals surface area contributed by atoms with Crippen molar-refractivity contribution in [2.75, 3.05) is 0 Å². The number of phenols is 1. The van der Waals surface area contributed by atoms with Crippen LogP contribution in [-0.2, 0) is 9.53 Å². The largest absolute Gasteiger partial charge is 0.508 e. The lowest BCUT2D eigenvalue weighted by Gasteiger charge is -2.32. The summed E-state index contributed by atoms with van der Waals surface area (Å²) < 4.78 is 5.30. The molecule has 1 saturated carbocycles. The first-order valence-electron chi connectivity index (χ1n) is 9.76. The van der Waals surface area contributed by atoms with Crippen LogP contribution in [0.4, 0.5) is 0 Å². The molecule has 2 aromatic carbocycles. The van der Waals surface area contributed by atoms with Crippen molar-refractivity contribution in [2.45, 2.75) is 50.7 Å². The molecule has 2 N–H and O–H groups in total. The van der Waals surface area contributed by atoms with Crippen molar-refractivity contribution in [3.05, 3.63) is 54.1 Å². The van der Waals surface area contributed by atoms with E-state index in [1.807, 2.05) is 0 Å². The summed E-state index contributed by atoms with van der Waals surface area (Å²) in [5.41, 5.74) is 1.27. The second-order valence-electron chi connectivity index (χ2n) is 7.42. The summed E-state index contributed by atoms with van der Waals surface area (Å²) in [6.07, 6.45) is 3.10. The predicted molar refractivity (Wildman–Crippen MR) is 108 cm³/mol. The molecule has 2 aromatic rings. The lowest BCUT2D eigenvalue weighted by molar-refractivity contribution is -0.130. The summed E-state index contributed by atoms with van der Waals surface area (Å²) >= 11 is 0. The summed E-state index contributed by atoms with van der Waals surface area (Å²) in [7, 11) is 0. The van der Waals surface area contributed by atoms with Gasteiger partial charge in [-0.3, -0.25) is 4.79 Å². The van der Waals surface area contributed by atoms with Gasteiger partial charge in [0.2, 0.25) is 0 Å². The molecule has 0 saturated heterocycles. The molecule has 1 aliphatic rings. The van der Waals surface area contributed by atoms with Gasteiger partial charge in [0, 0.05) is 0 Å². The minimum atomic E-state index is -0.994. The highest BCUT2D eigenvalue weighted by Gasteiger charge is 2.35. The zero-order valence-electron chi connectivity index (χ0n) is 16.4. The van der Waals surface area contributed by atoms with E-state index in [9.17, 15) is 20.0 Å². The molecule has 6 heteroatoms. The molecule has 1 amide bonds. The molecule has 150 valence electrons. The molecule has 0 aliphatic heterocycles. The van der Waals surface area contributed by atoms with E-state index in [0.717, 1.165) is 30.4 Å². The Morgan fingerprint density at radius 2 is 1.59 bits per heavy atom. The van der Waals surface area contributed by atoms with E-state index in [2.05, 4.69) is 11.4 Å². The Hall–Kier alpha value is -3.33. The van der Waals surface area contributed by atoms with E-state index < -0.39 is 23.5 Å². The zero-order valence-corrected chi connectivity index (χ0v) is 16.4. The fourth-order valence-corrected chi connectivity index (χ4v) is 3.49. The molecule has 0 spiro atoms. The first kappa shape index (κ1) is 20.4. The lowest BCUT2D eigenvalue weighted by atomic mass is 9.83. The van der Waals surface area contributed by atoms with E-state index in [-0.39, 0.29) is 5.75 Å². The molecule has 0 unspecified atom stereocenters. The van der Waals surface area contributed by atoms with Gasteiger partial charge in [-0.05, 0) is 55.2 Å². The Kier molecular flexibility index (Phi) is 6.18. The van der Waals surface area contributed by atoms with Gasteiger partial charge in [-0.15, -0.1) is 0 Å². The highest BCUT2D eigenvalue weighted by Crippen LogP contribution is 2.28. The molecule has 6 nitrogen and oxygen atoms in total. The monoisotopic (exact) mass is 392 g/mol. The van der Waals surface area contributed by atoms with Crippen LogP contribution in [0.15, 0.2) is 48.5 Å². The Morgan fingerprint density at radius 3 is 2.14 bits per heavy atom. The van der Waals surface area contributed by atoms with Crippen LogP contribution >= 0.6 is 0 Å². The van der Waals surface area contributed by atoms with Gasteiger partial charge < -0.3 is 15.2 Å². The van der Waals surface area contributed by atoms with Crippen LogP contribution in [0.2, 0.25) is 0 Å². The van der Waals surface area contributed by atoms with E-state index >= 15 is 0 Å². The third kappa shape index (κ3) is 4.94.